The summed E-state index contributed by atoms with van der Waals surface area (Å²) >= 11 is 0. The van der Waals surface area contributed by atoms with Crippen molar-refractivity contribution in [3.63, 3.8) is 0 Å². The van der Waals surface area contributed by atoms with E-state index in [2.05, 4.69) is 27.0 Å². The van der Waals surface area contributed by atoms with Crippen LogP contribution in [0.1, 0.15) is 30.0 Å². The fourth-order valence-corrected chi connectivity index (χ4v) is 3.87. The van der Waals surface area contributed by atoms with Gasteiger partial charge in [-0.1, -0.05) is 42.5 Å². The van der Waals surface area contributed by atoms with E-state index in [9.17, 15) is 23.6 Å². The number of carbonyl (C=O) groups is 4. The van der Waals surface area contributed by atoms with Crippen LogP contribution < -0.4 is 0 Å². The number of aromatic amines is 1. The van der Waals surface area contributed by atoms with Gasteiger partial charge < -0.3 is 25.4 Å². The predicted octanol–water partition coefficient (Wildman–Crippen LogP) is 4.02. The summed E-state index contributed by atoms with van der Waals surface area (Å²) in [6.45, 7) is 3.01. The van der Waals surface area contributed by atoms with Crippen LogP contribution in [0.4, 0.5) is 4.39 Å². The summed E-state index contributed by atoms with van der Waals surface area (Å²) < 4.78 is 13.1. The smallest absolute Gasteiger partial charge is 0.328 e. The number of aromatic nitrogens is 2. The standard InChI is InChI=1S/C21H22FN3.2C4H4O4/c22-19-8-6-16(7-9-19)17-10-12-25(13-11-17)15-20-14-23-21(24-20)18-4-2-1-3-5-18;2*5-3(6)1-2-4(7)8/h1-9,14,17H,10-13,15H2,(H,23,24);2*1-2H,(H,5,6)(H,7,8)/b;2*2-1-. The number of nitrogens with one attached hydrogen (secondary N) is 1. The zero-order valence-electron chi connectivity index (χ0n) is 21.9. The first-order valence-electron chi connectivity index (χ1n) is 12.4. The summed E-state index contributed by atoms with van der Waals surface area (Å²) in [7, 11) is 0. The van der Waals surface area contributed by atoms with Crippen LogP contribution in [-0.4, -0.2) is 72.3 Å². The fourth-order valence-electron chi connectivity index (χ4n) is 3.87. The summed E-state index contributed by atoms with van der Waals surface area (Å²) in [5.74, 6) is -3.72. The Morgan fingerprint density at radius 1 is 0.805 bits per heavy atom. The quantitative estimate of drug-likeness (QED) is 0.249. The molecule has 12 heteroatoms. The van der Waals surface area contributed by atoms with Crippen molar-refractivity contribution in [3.8, 4) is 11.4 Å². The first kappa shape index (κ1) is 32.1. The Morgan fingerprint density at radius 3 is 1.76 bits per heavy atom. The van der Waals surface area contributed by atoms with Crippen molar-refractivity contribution < 1.29 is 44.0 Å². The van der Waals surface area contributed by atoms with Gasteiger partial charge in [0.15, 0.2) is 0 Å². The second-order valence-electron chi connectivity index (χ2n) is 8.74. The first-order chi connectivity index (χ1) is 19.5. The predicted molar refractivity (Wildman–Crippen MR) is 146 cm³/mol. The molecule has 0 atom stereocenters. The van der Waals surface area contributed by atoms with Gasteiger partial charge in [0.25, 0.3) is 0 Å². The molecule has 3 aromatic rings. The van der Waals surface area contributed by atoms with Crippen LogP contribution in [0.2, 0.25) is 0 Å². The number of aliphatic carboxylic acids is 4. The monoisotopic (exact) mass is 567 g/mol. The molecule has 41 heavy (non-hydrogen) atoms. The minimum Gasteiger partial charge on any atom is -0.478 e. The molecule has 1 aliphatic heterocycles. The third kappa shape index (κ3) is 13.0. The second kappa shape index (κ2) is 16.8. The van der Waals surface area contributed by atoms with E-state index in [1.165, 1.54) is 5.56 Å². The van der Waals surface area contributed by atoms with Crippen LogP contribution in [0.15, 0.2) is 85.1 Å². The lowest BCUT2D eigenvalue weighted by Gasteiger charge is -2.31. The van der Waals surface area contributed by atoms with E-state index >= 15 is 0 Å². The number of imidazole rings is 1. The van der Waals surface area contributed by atoms with Gasteiger partial charge in [-0.15, -0.1) is 0 Å². The summed E-state index contributed by atoms with van der Waals surface area (Å²) in [4.78, 5) is 48.6. The number of rotatable bonds is 8. The number of piperidine rings is 1. The molecule has 2 aromatic carbocycles. The maximum Gasteiger partial charge on any atom is 0.328 e. The molecule has 1 aromatic heterocycles. The summed E-state index contributed by atoms with van der Waals surface area (Å²) in [6, 6.07) is 17.2. The second-order valence-corrected chi connectivity index (χ2v) is 8.74. The number of H-pyrrole nitrogens is 1. The topological polar surface area (TPSA) is 181 Å². The van der Waals surface area contributed by atoms with E-state index in [1.54, 1.807) is 12.1 Å². The molecule has 11 nitrogen and oxygen atoms in total. The Bertz CT molecular complexity index is 1280. The molecule has 0 bridgehead atoms. The van der Waals surface area contributed by atoms with Crippen LogP contribution in [0.25, 0.3) is 11.4 Å². The minimum absolute atomic E-state index is 0.158. The molecule has 5 N–H and O–H groups in total. The van der Waals surface area contributed by atoms with Gasteiger partial charge in [-0.25, -0.2) is 28.6 Å². The largest absolute Gasteiger partial charge is 0.478 e. The molecule has 216 valence electrons. The number of carboxylic acid groups (broad SMARTS) is 4. The normalized spacial score (nSPS) is 13.6. The summed E-state index contributed by atoms with van der Waals surface area (Å²) in [6.07, 6.45) is 6.40. The molecule has 0 unspecified atom stereocenters. The van der Waals surface area contributed by atoms with Crippen molar-refractivity contribution in [2.75, 3.05) is 13.1 Å². The number of halogens is 1. The molecule has 0 radical (unpaired) electrons. The van der Waals surface area contributed by atoms with Crippen LogP contribution in [0.3, 0.4) is 0 Å². The number of benzene rings is 2. The number of hydrogen-bond acceptors (Lipinski definition) is 6. The highest BCUT2D eigenvalue weighted by Crippen LogP contribution is 2.28. The van der Waals surface area contributed by atoms with Crippen molar-refractivity contribution in [3.05, 3.63) is 102 Å². The molecule has 0 spiro atoms. The molecular weight excluding hydrogens is 537 g/mol. The highest BCUT2D eigenvalue weighted by molar-refractivity contribution is 5.90. The van der Waals surface area contributed by atoms with Gasteiger partial charge in [-0.05, 0) is 49.5 Å². The highest BCUT2D eigenvalue weighted by atomic mass is 19.1. The third-order valence-corrected chi connectivity index (χ3v) is 5.74. The lowest BCUT2D eigenvalue weighted by molar-refractivity contribution is -0.134. The van der Waals surface area contributed by atoms with E-state index in [0.29, 0.717) is 30.2 Å². The molecule has 4 rings (SSSR count). The molecule has 0 aliphatic carbocycles. The van der Waals surface area contributed by atoms with E-state index in [4.69, 9.17) is 20.4 Å². The highest BCUT2D eigenvalue weighted by Gasteiger charge is 2.21. The van der Waals surface area contributed by atoms with Gasteiger partial charge in [0, 0.05) is 48.3 Å². The zero-order chi connectivity index (χ0) is 30.2. The Balaban J connectivity index is 0.000000304. The van der Waals surface area contributed by atoms with E-state index < -0.39 is 23.9 Å². The van der Waals surface area contributed by atoms with Crippen molar-refractivity contribution in [1.29, 1.82) is 0 Å². The Morgan fingerprint density at radius 2 is 1.29 bits per heavy atom. The molecule has 0 amide bonds. The molecule has 1 saturated heterocycles. The Hall–Kier alpha value is -5.10. The van der Waals surface area contributed by atoms with Crippen molar-refractivity contribution in [2.24, 2.45) is 0 Å². The third-order valence-electron chi connectivity index (χ3n) is 5.74. The van der Waals surface area contributed by atoms with Crippen molar-refractivity contribution in [1.82, 2.24) is 14.9 Å². The minimum atomic E-state index is -1.26. The van der Waals surface area contributed by atoms with Gasteiger partial charge in [-0.2, -0.15) is 0 Å². The molecule has 1 aliphatic rings. The number of hydrogen-bond donors (Lipinski definition) is 5. The molecular formula is C29H30FN3O8. The van der Waals surface area contributed by atoms with Crippen LogP contribution in [-0.2, 0) is 25.7 Å². The lowest BCUT2D eigenvalue weighted by Crippen LogP contribution is -2.32. The van der Waals surface area contributed by atoms with Gasteiger partial charge in [0.2, 0.25) is 0 Å². The lowest BCUT2D eigenvalue weighted by atomic mass is 9.89. The van der Waals surface area contributed by atoms with Crippen LogP contribution in [0.5, 0.6) is 0 Å². The number of nitrogens with zero attached hydrogens (tertiary/aromatic N) is 2. The SMILES string of the molecule is Fc1ccc(C2CCN(Cc3cnc(-c4ccccc4)[nH]3)CC2)cc1.O=C(O)/C=C\C(=O)O.O=C(O)/C=C\C(=O)O. The molecule has 2 heterocycles. The van der Waals surface area contributed by atoms with Crippen LogP contribution >= 0.6 is 0 Å². The van der Waals surface area contributed by atoms with Crippen LogP contribution in [0, 0.1) is 5.82 Å². The Labute approximate surface area is 234 Å². The molecule has 0 saturated carbocycles. The average molecular weight is 568 g/mol. The van der Waals surface area contributed by atoms with Gasteiger partial charge in [0.05, 0.1) is 0 Å². The Kier molecular flexibility index (Phi) is 13.1. The maximum absolute atomic E-state index is 13.1. The summed E-state index contributed by atoms with van der Waals surface area (Å²) in [5, 5.41) is 31.2. The summed E-state index contributed by atoms with van der Waals surface area (Å²) in [5.41, 5.74) is 3.52. The average Bonchev–Trinajstić information content (AvgIpc) is 3.41. The van der Waals surface area contributed by atoms with Gasteiger partial charge in [0.1, 0.15) is 11.6 Å². The van der Waals surface area contributed by atoms with Crippen molar-refractivity contribution in [2.45, 2.75) is 25.3 Å². The van der Waals surface area contributed by atoms with Crippen molar-refractivity contribution >= 4 is 23.9 Å². The number of carboxylic acids is 4. The van der Waals surface area contributed by atoms with E-state index in [1.807, 2.05) is 36.5 Å². The zero-order valence-corrected chi connectivity index (χ0v) is 21.9. The van der Waals surface area contributed by atoms with Gasteiger partial charge >= 0.3 is 23.9 Å². The molecule has 1 fully saturated rings. The van der Waals surface area contributed by atoms with E-state index in [0.717, 1.165) is 49.6 Å². The first-order valence-corrected chi connectivity index (χ1v) is 12.4. The maximum atomic E-state index is 13.1. The van der Waals surface area contributed by atoms with E-state index in [-0.39, 0.29) is 5.82 Å². The van der Waals surface area contributed by atoms with Gasteiger partial charge in [-0.3, -0.25) is 4.90 Å². The number of likely N-dealkylation sites (tertiary alicyclic amines) is 1. The fraction of sp³-hybridized carbons (Fsp3) is 0.207.